The Balaban J connectivity index is 1.43. The van der Waals surface area contributed by atoms with Crippen molar-refractivity contribution in [3.05, 3.63) is 83.4 Å². The van der Waals surface area contributed by atoms with E-state index in [0.29, 0.717) is 12.6 Å². The molecule has 0 amide bonds. The monoisotopic (exact) mass is 356 g/mol. The molecule has 0 unspecified atom stereocenters. The van der Waals surface area contributed by atoms with Crippen molar-refractivity contribution >= 4 is 17.1 Å². The Morgan fingerprint density at radius 3 is 2.33 bits per heavy atom. The van der Waals surface area contributed by atoms with Crippen LogP contribution in [-0.4, -0.2) is 12.1 Å². The molecule has 0 saturated carbocycles. The fourth-order valence-electron chi connectivity index (χ4n) is 3.66. The first kappa shape index (κ1) is 16.1. The number of hydrogen-bond donors (Lipinski definition) is 0. The summed E-state index contributed by atoms with van der Waals surface area (Å²) in [5.41, 5.74) is 7.84. The summed E-state index contributed by atoms with van der Waals surface area (Å²) >= 11 is 0. The van der Waals surface area contributed by atoms with Gasteiger partial charge in [-0.05, 0) is 39.9 Å². The van der Waals surface area contributed by atoms with Gasteiger partial charge in [0.25, 0.3) is 6.01 Å². The molecule has 0 saturated heterocycles. The Kier molecular flexibility index (Phi) is 3.91. The molecule has 0 spiro atoms. The standard InChI is InChI=1S/C23H20N2O2/c1-26-15-16-6-8-17(9-7-16)18-10-11-21-22(12-18)27-23(24-21)25-13-19-4-2-3-5-20(19)14-25/h2-12H,13-15H2,1H3. The maximum absolute atomic E-state index is 6.10. The Labute approximate surface area is 158 Å². The van der Waals surface area contributed by atoms with Crippen LogP contribution in [0.15, 0.2) is 71.1 Å². The van der Waals surface area contributed by atoms with Gasteiger partial charge in [0.1, 0.15) is 5.52 Å². The second-order valence-electron chi connectivity index (χ2n) is 6.93. The maximum atomic E-state index is 6.10. The number of anilines is 1. The van der Waals surface area contributed by atoms with Crippen molar-refractivity contribution in [1.29, 1.82) is 0 Å². The van der Waals surface area contributed by atoms with E-state index in [-0.39, 0.29) is 0 Å². The average Bonchev–Trinajstić information content (AvgIpc) is 3.32. The molecule has 2 heterocycles. The summed E-state index contributed by atoms with van der Waals surface area (Å²) in [5.74, 6) is 0. The summed E-state index contributed by atoms with van der Waals surface area (Å²) in [4.78, 5) is 6.88. The van der Waals surface area contributed by atoms with Crippen molar-refractivity contribution in [3.63, 3.8) is 0 Å². The van der Waals surface area contributed by atoms with Gasteiger partial charge in [-0.1, -0.05) is 54.6 Å². The molecule has 4 heteroatoms. The Bertz CT molecular complexity index is 1070. The summed E-state index contributed by atoms with van der Waals surface area (Å²) in [6.45, 7) is 2.32. The lowest BCUT2D eigenvalue weighted by atomic mass is 10.0. The lowest BCUT2D eigenvalue weighted by Gasteiger charge is -2.10. The number of fused-ring (bicyclic) bond motifs is 2. The molecule has 3 aromatic carbocycles. The van der Waals surface area contributed by atoms with Crippen molar-refractivity contribution < 1.29 is 9.15 Å². The number of benzene rings is 3. The van der Waals surface area contributed by atoms with Gasteiger partial charge in [-0.2, -0.15) is 4.98 Å². The molecule has 4 aromatic rings. The van der Waals surface area contributed by atoms with E-state index in [4.69, 9.17) is 14.1 Å². The molecule has 0 N–H and O–H groups in total. The third-order valence-electron chi connectivity index (χ3n) is 5.09. The topological polar surface area (TPSA) is 38.5 Å². The van der Waals surface area contributed by atoms with E-state index in [2.05, 4.69) is 65.6 Å². The first-order chi connectivity index (χ1) is 13.3. The quantitative estimate of drug-likeness (QED) is 0.506. The highest BCUT2D eigenvalue weighted by Gasteiger charge is 2.22. The number of oxazole rings is 1. The molecule has 1 aliphatic heterocycles. The summed E-state index contributed by atoms with van der Waals surface area (Å²) in [7, 11) is 1.71. The van der Waals surface area contributed by atoms with Crippen LogP contribution in [0.25, 0.3) is 22.2 Å². The zero-order chi connectivity index (χ0) is 18.2. The van der Waals surface area contributed by atoms with Crippen LogP contribution in [0.4, 0.5) is 6.01 Å². The first-order valence-electron chi connectivity index (χ1n) is 9.11. The second kappa shape index (κ2) is 6.56. The van der Waals surface area contributed by atoms with Crippen LogP contribution in [0.3, 0.4) is 0 Å². The second-order valence-corrected chi connectivity index (χ2v) is 6.93. The zero-order valence-electron chi connectivity index (χ0n) is 15.2. The van der Waals surface area contributed by atoms with Crippen molar-refractivity contribution in [2.24, 2.45) is 0 Å². The highest BCUT2D eigenvalue weighted by Crippen LogP contribution is 2.32. The number of rotatable bonds is 4. The number of hydrogen-bond acceptors (Lipinski definition) is 4. The molecule has 0 aliphatic carbocycles. The zero-order valence-corrected chi connectivity index (χ0v) is 15.2. The van der Waals surface area contributed by atoms with E-state index >= 15 is 0 Å². The van der Waals surface area contributed by atoms with Crippen molar-refractivity contribution in [2.75, 3.05) is 12.0 Å². The fraction of sp³-hybridized carbons (Fsp3) is 0.174. The predicted octanol–water partition coefficient (Wildman–Crippen LogP) is 5.16. The number of nitrogens with zero attached hydrogens (tertiary/aromatic N) is 2. The summed E-state index contributed by atoms with van der Waals surface area (Å²) in [6, 6.07) is 23.8. The summed E-state index contributed by atoms with van der Waals surface area (Å²) < 4.78 is 11.3. The van der Waals surface area contributed by atoms with Crippen LogP contribution in [-0.2, 0) is 24.4 Å². The van der Waals surface area contributed by atoms with E-state index in [9.17, 15) is 0 Å². The van der Waals surface area contributed by atoms with Gasteiger partial charge < -0.3 is 14.1 Å². The minimum absolute atomic E-state index is 0.628. The normalized spacial score (nSPS) is 13.3. The van der Waals surface area contributed by atoms with Gasteiger partial charge in [0, 0.05) is 20.2 Å². The Morgan fingerprint density at radius 1 is 0.926 bits per heavy atom. The van der Waals surface area contributed by atoms with E-state index in [1.165, 1.54) is 11.1 Å². The molecule has 1 aromatic heterocycles. The number of ether oxygens (including phenoxy) is 1. The molecule has 0 radical (unpaired) electrons. The molecular formula is C23H20N2O2. The van der Waals surface area contributed by atoms with Crippen LogP contribution in [0.2, 0.25) is 0 Å². The lowest BCUT2D eigenvalue weighted by molar-refractivity contribution is 0.185. The van der Waals surface area contributed by atoms with E-state index < -0.39 is 0 Å². The molecule has 1 aliphatic rings. The van der Waals surface area contributed by atoms with Crippen molar-refractivity contribution in [1.82, 2.24) is 4.98 Å². The Morgan fingerprint density at radius 2 is 1.63 bits per heavy atom. The van der Waals surface area contributed by atoms with Crippen LogP contribution < -0.4 is 4.90 Å². The van der Waals surface area contributed by atoms with Gasteiger partial charge in [-0.25, -0.2) is 0 Å². The molecule has 27 heavy (non-hydrogen) atoms. The van der Waals surface area contributed by atoms with Gasteiger partial charge >= 0.3 is 0 Å². The summed E-state index contributed by atoms with van der Waals surface area (Å²) in [5, 5.41) is 0. The molecular weight excluding hydrogens is 336 g/mol. The van der Waals surface area contributed by atoms with E-state index in [1.807, 2.05) is 6.07 Å². The number of methoxy groups -OCH3 is 1. The first-order valence-corrected chi connectivity index (χ1v) is 9.11. The number of aromatic nitrogens is 1. The molecule has 0 bridgehead atoms. The minimum atomic E-state index is 0.628. The van der Waals surface area contributed by atoms with Gasteiger partial charge in [0.2, 0.25) is 0 Å². The smallest absolute Gasteiger partial charge is 0.298 e. The van der Waals surface area contributed by atoms with Gasteiger partial charge in [-0.15, -0.1) is 0 Å². The maximum Gasteiger partial charge on any atom is 0.298 e. The van der Waals surface area contributed by atoms with Crippen LogP contribution in [0.1, 0.15) is 16.7 Å². The largest absolute Gasteiger partial charge is 0.423 e. The van der Waals surface area contributed by atoms with Crippen LogP contribution >= 0.6 is 0 Å². The highest BCUT2D eigenvalue weighted by atomic mass is 16.5. The highest BCUT2D eigenvalue weighted by molar-refractivity contribution is 5.81. The van der Waals surface area contributed by atoms with Crippen molar-refractivity contribution in [3.8, 4) is 11.1 Å². The van der Waals surface area contributed by atoms with Crippen LogP contribution in [0, 0.1) is 0 Å². The molecule has 0 fully saturated rings. The molecule has 134 valence electrons. The molecule has 5 rings (SSSR count). The summed E-state index contributed by atoms with van der Waals surface area (Å²) in [6.07, 6.45) is 0. The predicted molar refractivity (Wildman–Crippen MR) is 106 cm³/mol. The lowest BCUT2D eigenvalue weighted by Crippen LogP contribution is -2.14. The molecule has 0 atom stereocenters. The van der Waals surface area contributed by atoms with Gasteiger partial charge in [0.05, 0.1) is 6.61 Å². The fourth-order valence-corrected chi connectivity index (χ4v) is 3.66. The minimum Gasteiger partial charge on any atom is -0.423 e. The third-order valence-corrected chi connectivity index (χ3v) is 5.09. The Hall–Kier alpha value is -3.11. The van der Waals surface area contributed by atoms with Gasteiger partial charge in [-0.3, -0.25) is 0 Å². The van der Waals surface area contributed by atoms with Crippen molar-refractivity contribution in [2.45, 2.75) is 19.7 Å². The third kappa shape index (κ3) is 2.98. The SMILES string of the molecule is COCc1ccc(-c2ccc3nc(N4Cc5ccccc5C4)oc3c2)cc1. The average molecular weight is 356 g/mol. The van der Waals surface area contributed by atoms with E-state index in [0.717, 1.165) is 40.9 Å². The van der Waals surface area contributed by atoms with E-state index in [1.54, 1.807) is 7.11 Å². The van der Waals surface area contributed by atoms with Crippen LogP contribution in [0.5, 0.6) is 0 Å². The molecule has 4 nitrogen and oxygen atoms in total. The van der Waals surface area contributed by atoms with Gasteiger partial charge in [0.15, 0.2) is 5.58 Å².